The third kappa shape index (κ3) is 38.9. The third-order valence-corrected chi connectivity index (χ3v) is 12.9. The van der Waals surface area contributed by atoms with Crippen LogP contribution in [-0.2, 0) is 74.9 Å². The molecule has 27 heteroatoms. The minimum atomic E-state index is -1.28. The summed E-state index contributed by atoms with van der Waals surface area (Å²) in [6, 6.07) is 11.5. The molecule has 512 valence electrons. The fourth-order valence-electron chi connectivity index (χ4n) is 8.77. The molecule has 27 nitrogen and oxygen atoms in total. The number of nitrogens with zero attached hydrogens (tertiary/aromatic N) is 3. The number of nitrogens with one attached hydrogen (secondary N) is 9. The number of esters is 3. The maximum Gasteiger partial charge on any atom is 0.407 e. The number of urea groups is 1. The van der Waals surface area contributed by atoms with E-state index in [2.05, 4.69) is 57.9 Å². The van der Waals surface area contributed by atoms with Gasteiger partial charge in [-0.1, -0.05) is 85.0 Å². The average molecular weight is 1290 g/mol. The number of ether oxygens (including phenoxy) is 4. The molecule has 0 saturated carbocycles. The second kappa shape index (κ2) is 41.1. The molecule has 0 aliphatic carbocycles. The van der Waals surface area contributed by atoms with Crippen LogP contribution < -0.4 is 47.9 Å². The summed E-state index contributed by atoms with van der Waals surface area (Å²) in [5, 5.41) is 27.8. The molecule has 2 aromatic carbocycles. The highest BCUT2D eigenvalue weighted by Gasteiger charge is 2.33. The Morgan fingerprint density at radius 2 is 0.859 bits per heavy atom. The normalized spacial score (nSPS) is 13.1. The van der Waals surface area contributed by atoms with Crippen LogP contribution >= 0.6 is 0 Å². The first-order valence-electron chi connectivity index (χ1n) is 31.6. The average Bonchev–Trinajstić information content (AvgIpc) is 1.02. The molecule has 9 N–H and O–H groups in total. The summed E-state index contributed by atoms with van der Waals surface area (Å²) in [7, 11) is 0. The molecule has 92 heavy (non-hydrogen) atoms. The Morgan fingerprint density at radius 3 is 1.38 bits per heavy atom. The second-order valence-corrected chi connectivity index (χ2v) is 26.2. The molecular formula is C65H102N12O15. The molecule has 0 heterocycles. The number of carbonyl (C=O) groups excluding carboxylic acids is 11. The molecule has 2 rings (SSSR count). The standard InChI is InChI=1S/C65H102N12O15/c1-62(2,3)89-54(81)35-33-48(59(86)91-64(7,8)9)76-60(87)75-47(58(85)90-63(4,5)6)32-34-51(78)67-37-24-15-13-14-22-31-52(79)73-50(43-45-28-20-17-21-29-45)57(84)74-49(42-44-26-18-16-19-27-44)56(83)69-41-40-68-55(82)46(72-53(80)36-39-71-77-66)30-23-25-38-70-61(88)92-65(10,11)12/h16-21,26-29,46-50H,13-15,22-25,30-43H2,1-12H3,(H,67,78)(H,68,82)(H,69,83)(H,70,88)(H,72,80)(H,73,79)(H,74,84)(H2,75,76,87)/t46-,47-,48-,49-,50-/m0/s1. The maximum absolute atomic E-state index is 14.2. The Balaban J connectivity index is 2.00. The van der Waals surface area contributed by atoms with Crippen LogP contribution in [0.4, 0.5) is 9.59 Å². The Morgan fingerprint density at radius 1 is 0.413 bits per heavy atom. The molecule has 0 bridgehead atoms. The lowest BCUT2D eigenvalue weighted by Crippen LogP contribution is -2.55. The van der Waals surface area contributed by atoms with Crippen LogP contribution in [0, 0.1) is 0 Å². The maximum atomic E-state index is 14.2. The van der Waals surface area contributed by atoms with Gasteiger partial charge in [0.05, 0.1) is 0 Å². The van der Waals surface area contributed by atoms with Crippen molar-refractivity contribution in [1.29, 1.82) is 0 Å². The topological polar surface area (TPSA) is 382 Å². The van der Waals surface area contributed by atoms with Crippen LogP contribution in [0.3, 0.4) is 0 Å². The zero-order valence-corrected chi connectivity index (χ0v) is 56.0. The van der Waals surface area contributed by atoms with Gasteiger partial charge in [-0.25, -0.2) is 19.2 Å². The van der Waals surface area contributed by atoms with Crippen molar-refractivity contribution < 1.29 is 71.7 Å². The number of benzene rings is 2. The molecule has 0 spiro atoms. The molecule has 5 atom stereocenters. The van der Waals surface area contributed by atoms with Crippen molar-refractivity contribution in [3.8, 4) is 0 Å². The molecule has 0 aliphatic rings. The van der Waals surface area contributed by atoms with Crippen molar-refractivity contribution in [2.24, 2.45) is 5.11 Å². The van der Waals surface area contributed by atoms with Gasteiger partial charge in [0.1, 0.15) is 52.6 Å². The fraction of sp³-hybridized carbons (Fsp3) is 0.646. The Kier molecular flexibility index (Phi) is 35.6. The van der Waals surface area contributed by atoms with Gasteiger partial charge < -0.3 is 66.8 Å². The minimum absolute atomic E-state index is 0.0430. The fourth-order valence-corrected chi connectivity index (χ4v) is 8.77. The van der Waals surface area contributed by atoms with E-state index in [4.69, 9.17) is 24.5 Å². The van der Waals surface area contributed by atoms with Gasteiger partial charge in [-0.05, 0) is 145 Å². The zero-order valence-electron chi connectivity index (χ0n) is 56.0. The third-order valence-electron chi connectivity index (χ3n) is 12.9. The van der Waals surface area contributed by atoms with E-state index in [-0.39, 0.29) is 95.8 Å². The Hall–Kier alpha value is -8.48. The van der Waals surface area contributed by atoms with Gasteiger partial charge in [0.15, 0.2) is 0 Å². The number of hydrogen-bond donors (Lipinski definition) is 9. The molecular weight excluding hydrogens is 1190 g/mol. The zero-order chi connectivity index (χ0) is 68.9. The Labute approximate surface area is 541 Å². The number of amides is 9. The highest BCUT2D eigenvalue weighted by Crippen LogP contribution is 2.17. The van der Waals surface area contributed by atoms with E-state index in [1.165, 1.54) is 0 Å². The van der Waals surface area contributed by atoms with Gasteiger partial charge in [-0.2, -0.15) is 0 Å². The van der Waals surface area contributed by atoms with Crippen LogP contribution in [-0.4, -0.2) is 151 Å². The summed E-state index contributed by atoms with van der Waals surface area (Å²) in [6.45, 7) is 20.6. The molecule has 0 fully saturated rings. The lowest BCUT2D eigenvalue weighted by molar-refractivity contribution is -0.159. The molecule has 0 saturated heterocycles. The quantitative estimate of drug-likeness (QED) is 0.00846. The minimum Gasteiger partial charge on any atom is -0.460 e. The molecule has 0 aliphatic heterocycles. The van der Waals surface area contributed by atoms with Crippen molar-refractivity contribution in [1.82, 2.24) is 47.9 Å². The Bertz CT molecular complexity index is 2740. The first-order valence-corrected chi connectivity index (χ1v) is 31.6. The van der Waals surface area contributed by atoms with Crippen molar-refractivity contribution in [2.45, 2.75) is 238 Å². The molecule has 2 aromatic rings. The van der Waals surface area contributed by atoms with Gasteiger partial charge in [-0.3, -0.25) is 33.6 Å². The van der Waals surface area contributed by atoms with Crippen LogP contribution in [0.15, 0.2) is 65.8 Å². The summed E-state index contributed by atoms with van der Waals surface area (Å²) in [5.41, 5.74) is 6.86. The summed E-state index contributed by atoms with van der Waals surface area (Å²) in [5.74, 6) is -5.10. The number of hydrogen-bond acceptors (Lipinski definition) is 16. The van der Waals surface area contributed by atoms with E-state index in [9.17, 15) is 52.7 Å². The largest absolute Gasteiger partial charge is 0.460 e. The van der Waals surface area contributed by atoms with Crippen molar-refractivity contribution in [2.75, 3.05) is 32.7 Å². The van der Waals surface area contributed by atoms with Crippen molar-refractivity contribution in [3.63, 3.8) is 0 Å². The van der Waals surface area contributed by atoms with E-state index < -0.39 is 106 Å². The van der Waals surface area contributed by atoms with Crippen LogP contribution in [0.25, 0.3) is 10.4 Å². The first kappa shape index (κ1) is 79.6. The van der Waals surface area contributed by atoms with Gasteiger partial charge in [0, 0.05) is 76.2 Å². The van der Waals surface area contributed by atoms with Gasteiger partial charge in [0.2, 0.25) is 35.4 Å². The van der Waals surface area contributed by atoms with E-state index in [0.717, 1.165) is 17.5 Å². The highest BCUT2D eigenvalue weighted by atomic mass is 16.6. The number of alkyl carbamates (subject to hydrolysis) is 1. The number of azide groups is 1. The SMILES string of the molecule is CC(C)(C)OC(=O)CC[C@H](NC(=O)N[C@@H](CCC(=O)NCCCCCCCC(=O)N[C@@H](Cc1ccccc1)C(=O)N[C@@H](Cc1ccccc1)C(=O)NCCNC(=O)[C@H](CCCCNC(=O)OC(C)(C)C)NC(=O)CCN=[N+]=[N-])C(=O)OC(C)(C)C)C(=O)OC(C)(C)C. The second-order valence-electron chi connectivity index (χ2n) is 26.2. The summed E-state index contributed by atoms with van der Waals surface area (Å²) >= 11 is 0. The van der Waals surface area contributed by atoms with Crippen molar-refractivity contribution >= 4 is 65.5 Å². The molecule has 0 aromatic heterocycles. The van der Waals surface area contributed by atoms with Crippen LogP contribution in [0.5, 0.6) is 0 Å². The lowest BCUT2D eigenvalue weighted by Gasteiger charge is -2.27. The summed E-state index contributed by atoms with van der Waals surface area (Å²) in [4.78, 5) is 148. The summed E-state index contributed by atoms with van der Waals surface area (Å²) < 4.78 is 21.6. The van der Waals surface area contributed by atoms with E-state index in [0.29, 0.717) is 45.1 Å². The summed E-state index contributed by atoms with van der Waals surface area (Å²) in [6.07, 6.45) is 3.29. The predicted octanol–water partition coefficient (Wildman–Crippen LogP) is 6.63. The lowest BCUT2D eigenvalue weighted by atomic mass is 10.0. The van der Waals surface area contributed by atoms with Gasteiger partial charge in [0.25, 0.3) is 0 Å². The van der Waals surface area contributed by atoms with Crippen LogP contribution in [0.2, 0.25) is 0 Å². The number of rotatable bonds is 39. The molecule has 0 radical (unpaired) electrons. The monoisotopic (exact) mass is 1290 g/mol. The van der Waals surface area contributed by atoms with E-state index in [1.807, 2.05) is 48.5 Å². The smallest absolute Gasteiger partial charge is 0.407 e. The van der Waals surface area contributed by atoms with Crippen LogP contribution in [0.1, 0.15) is 184 Å². The highest BCUT2D eigenvalue weighted by molar-refractivity contribution is 5.93. The van der Waals surface area contributed by atoms with Crippen molar-refractivity contribution in [3.05, 3.63) is 82.2 Å². The van der Waals surface area contributed by atoms with Gasteiger partial charge >= 0.3 is 30.0 Å². The van der Waals surface area contributed by atoms with Gasteiger partial charge in [-0.15, -0.1) is 0 Å². The molecule has 0 unspecified atom stereocenters. The first-order chi connectivity index (χ1) is 43.1. The van der Waals surface area contributed by atoms with E-state index in [1.54, 1.807) is 95.2 Å². The molecule has 9 amide bonds. The van der Waals surface area contributed by atoms with E-state index >= 15 is 0 Å². The number of unbranched alkanes of at least 4 members (excludes halogenated alkanes) is 5. The predicted molar refractivity (Wildman–Crippen MR) is 345 cm³/mol. The number of carbonyl (C=O) groups is 11.